The normalized spacial score (nSPS) is 14.4. The fourth-order valence-corrected chi connectivity index (χ4v) is 2.09. The van der Waals surface area contributed by atoms with E-state index in [0.29, 0.717) is 17.6 Å². The summed E-state index contributed by atoms with van der Waals surface area (Å²) >= 11 is 1.78. The Kier molecular flexibility index (Phi) is 10.8. The first-order valence-corrected chi connectivity index (χ1v) is 7.92. The highest BCUT2D eigenvalue weighted by atomic mass is 32.2. The largest absolute Gasteiger partial charge is 0.355 e. The lowest BCUT2D eigenvalue weighted by molar-refractivity contribution is -0.121. The van der Waals surface area contributed by atoms with Gasteiger partial charge in [0.1, 0.15) is 0 Å². The quantitative estimate of drug-likeness (QED) is 0.634. The summed E-state index contributed by atoms with van der Waals surface area (Å²) < 4.78 is 0. The van der Waals surface area contributed by atoms with Crippen LogP contribution in [0.2, 0.25) is 0 Å². The fourth-order valence-electron chi connectivity index (χ4n) is 1.84. The van der Waals surface area contributed by atoms with Crippen molar-refractivity contribution in [3.8, 4) is 0 Å². The van der Waals surface area contributed by atoms with E-state index in [-0.39, 0.29) is 5.91 Å². The van der Waals surface area contributed by atoms with E-state index < -0.39 is 0 Å². The van der Waals surface area contributed by atoms with E-state index in [9.17, 15) is 4.79 Å². The van der Waals surface area contributed by atoms with Crippen molar-refractivity contribution < 1.29 is 4.79 Å². The van der Waals surface area contributed by atoms with Crippen LogP contribution in [0.4, 0.5) is 0 Å². The predicted molar refractivity (Wildman–Crippen MR) is 77.3 cm³/mol. The molecule has 0 aromatic heterocycles. The van der Waals surface area contributed by atoms with E-state index in [2.05, 4.69) is 25.4 Å². The highest BCUT2D eigenvalue weighted by Gasteiger charge is 2.10. The van der Waals surface area contributed by atoms with Crippen LogP contribution in [0, 0.1) is 5.92 Å². The average Bonchev–Trinajstić information content (AvgIpc) is 2.33. The number of carbonyl (C=O) groups is 1. The second-order valence-corrected chi connectivity index (χ2v) is 5.90. The summed E-state index contributed by atoms with van der Waals surface area (Å²) in [6, 6.07) is 0. The lowest BCUT2D eigenvalue weighted by atomic mass is 9.94. The van der Waals surface area contributed by atoms with E-state index in [4.69, 9.17) is 5.73 Å². The molecule has 0 aliphatic heterocycles. The standard InChI is InChI=1S/C13H28N2OS/c1-4-5-12(8-9-14)6-7-13(16)15-10-11(2)17-3/h11-12H,4-10,14H2,1-3H3,(H,15,16). The van der Waals surface area contributed by atoms with Crippen molar-refractivity contribution in [1.82, 2.24) is 5.32 Å². The lowest BCUT2D eigenvalue weighted by Gasteiger charge is -2.15. The molecule has 4 heteroatoms. The number of hydrogen-bond acceptors (Lipinski definition) is 3. The molecule has 3 nitrogen and oxygen atoms in total. The lowest BCUT2D eigenvalue weighted by Crippen LogP contribution is -2.29. The summed E-state index contributed by atoms with van der Waals surface area (Å²) in [6.07, 6.45) is 7.09. The number of hydrogen-bond donors (Lipinski definition) is 2. The molecule has 17 heavy (non-hydrogen) atoms. The summed E-state index contributed by atoms with van der Waals surface area (Å²) in [5.74, 6) is 0.803. The SMILES string of the molecule is CCCC(CCN)CCC(=O)NCC(C)SC. The van der Waals surface area contributed by atoms with Crippen LogP contribution >= 0.6 is 11.8 Å². The van der Waals surface area contributed by atoms with E-state index >= 15 is 0 Å². The van der Waals surface area contributed by atoms with Crippen LogP contribution in [-0.2, 0) is 4.79 Å². The van der Waals surface area contributed by atoms with Crippen molar-refractivity contribution in [1.29, 1.82) is 0 Å². The molecule has 0 rings (SSSR count). The van der Waals surface area contributed by atoms with Gasteiger partial charge in [-0.1, -0.05) is 26.7 Å². The molecule has 2 atom stereocenters. The zero-order valence-corrected chi connectivity index (χ0v) is 12.3. The van der Waals surface area contributed by atoms with Gasteiger partial charge in [-0.3, -0.25) is 4.79 Å². The molecule has 0 fully saturated rings. The maximum absolute atomic E-state index is 11.6. The van der Waals surface area contributed by atoms with Crippen LogP contribution in [0.25, 0.3) is 0 Å². The van der Waals surface area contributed by atoms with Crippen LogP contribution in [0.1, 0.15) is 46.0 Å². The van der Waals surface area contributed by atoms with Gasteiger partial charge < -0.3 is 11.1 Å². The van der Waals surface area contributed by atoms with Gasteiger partial charge in [-0.2, -0.15) is 11.8 Å². The fraction of sp³-hybridized carbons (Fsp3) is 0.923. The average molecular weight is 260 g/mol. The Balaban J connectivity index is 3.71. The number of rotatable bonds is 10. The van der Waals surface area contributed by atoms with Crippen molar-refractivity contribution in [3.05, 3.63) is 0 Å². The van der Waals surface area contributed by atoms with Gasteiger partial charge in [-0.25, -0.2) is 0 Å². The zero-order chi connectivity index (χ0) is 13.1. The predicted octanol–water partition coefficient (Wildman–Crippen LogP) is 2.40. The second kappa shape index (κ2) is 10.9. The maximum Gasteiger partial charge on any atom is 0.220 e. The van der Waals surface area contributed by atoms with Crippen LogP contribution in [0.5, 0.6) is 0 Å². The molecule has 0 spiro atoms. The first-order valence-electron chi connectivity index (χ1n) is 6.63. The molecule has 0 saturated carbocycles. The van der Waals surface area contributed by atoms with Gasteiger partial charge in [0.05, 0.1) is 0 Å². The molecule has 0 radical (unpaired) electrons. The van der Waals surface area contributed by atoms with Crippen molar-refractivity contribution in [2.24, 2.45) is 11.7 Å². The summed E-state index contributed by atoms with van der Waals surface area (Å²) in [5, 5.41) is 3.48. The number of thioether (sulfide) groups is 1. The van der Waals surface area contributed by atoms with Crippen molar-refractivity contribution in [3.63, 3.8) is 0 Å². The van der Waals surface area contributed by atoms with Gasteiger partial charge >= 0.3 is 0 Å². The number of carbonyl (C=O) groups excluding carboxylic acids is 1. The first kappa shape index (κ1) is 16.8. The first-order chi connectivity index (χ1) is 8.13. The summed E-state index contributed by atoms with van der Waals surface area (Å²) in [5.41, 5.74) is 5.58. The maximum atomic E-state index is 11.6. The molecule has 0 heterocycles. The zero-order valence-electron chi connectivity index (χ0n) is 11.5. The van der Waals surface area contributed by atoms with Crippen LogP contribution in [-0.4, -0.2) is 30.5 Å². The molecule has 0 bridgehead atoms. The highest BCUT2D eigenvalue weighted by molar-refractivity contribution is 7.99. The minimum atomic E-state index is 0.184. The van der Waals surface area contributed by atoms with Gasteiger partial charge in [0.15, 0.2) is 0 Å². The number of nitrogens with two attached hydrogens (primary N) is 1. The van der Waals surface area contributed by atoms with Gasteiger partial charge in [-0.15, -0.1) is 0 Å². The Bertz CT molecular complexity index is 194. The van der Waals surface area contributed by atoms with E-state index in [1.54, 1.807) is 11.8 Å². The summed E-state index contributed by atoms with van der Waals surface area (Å²) in [6.45, 7) is 5.81. The van der Waals surface area contributed by atoms with Crippen LogP contribution < -0.4 is 11.1 Å². The molecule has 0 aliphatic rings. The van der Waals surface area contributed by atoms with Gasteiger partial charge in [0.2, 0.25) is 5.91 Å². The smallest absolute Gasteiger partial charge is 0.220 e. The van der Waals surface area contributed by atoms with Crippen LogP contribution in [0.15, 0.2) is 0 Å². The number of amides is 1. The van der Waals surface area contributed by atoms with E-state index in [1.807, 2.05) is 0 Å². The molecule has 102 valence electrons. The Labute approximate surface area is 110 Å². The molecule has 1 amide bonds. The number of nitrogens with one attached hydrogen (secondary N) is 1. The van der Waals surface area contributed by atoms with Gasteiger partial charge in [0, 0.05) is 18.2 Å². The van der Waals surface area contributed by atoms with Gasteiger partial charge in [-0.05, 0) is 31.6 Å². The highest BCUT2D eigenvalue weighted by Crippen LogP contribution is 2.16. The van der Waals surface area contributed by atoms with Crippen molar-refractivity contribution in [2.45, 2.75) is 51.2 Å². The Hall–Kier alpha value is -0.220. The van der Waals surface area contributed by atoms with Crippen molar-refractivity contribution >= 4 is 17.7 Å². The topological polar surface area (TPSA) is 55.1 Å². The molecule has 0 aliphatic carbocycles. The van der Waals surface area contributed by atoms with Gasteiger partial charge in [0.25, 0.3) is 0 Å². The third-order valence-electron chi connectivity index (χ3n) is 3.04. The molecular weight excluding hydrogens is 232 g/mol. The second-order valence-electron chi connectivity index (χ2n) is 4.62. The third-order valence-corrected chi connectivity index (χ3v) is 4.01. The summed E-state index contributed by atoms with van der Waals surface area (Å²) in [7, 11) is 0. The molecule has 2 unspecified atom stereocenters. The molecule has 0 aromatic carbocycles. The minimum absolute atomic E-state index is 0.184. The van der Waals surface area contributed by atoms with E-state index in [1.165, 1.54) is 12.8 Å². The van der Waals surface area contributed by atoms with E-state index in [0.717, 1.165) is 25.9 Å². The minimum Gasteiger partial charge on any atom is -0.355 e. The summed E-state index contributed by atoms with van der Waals surface area (Å²) in [4.78, 5) is 11.6. The molecule has 3 N–H and O–H groups in total. The third kappa shape index (κ3) is 9.48. The Morgan fingerprint density at radius 3 is 2.59 bits per heavy atom. The van der Waals surface area contributed by atoms with Crippen molar-refractivity contribution in [2.75, 3.05) is 19.3 Å². The van der Waals surface area contributed by atoms with Crippen LogP contribution in [0.3, 0.4) is 0 Å². The Morgan fingerprint density at radius 1 is 1.35 bits per heavy atom. The Morgan fingerprint density at radius 2 is 2.06 bits per heavy atom. The molecule has 0 aromatic rings. The molecular formula is C13H28N2OS. The monoisotopic (exact) mass is 260 g/mol. The molecule has 0 saturated heterocycles.